The van der Waals surface area contributed by atoms with Crippen molar-refractivity contribution in [2.45, 2.75) is 44.7 Å². The third kappa shape index (κ3) is 4.76. The average molecular weight is 380 g/mol. The van der Waals surface area contributed by atoms with E-state index in [0.717, 1.165) is 30.4 Å². The van der Waals surface area contributed by atoms with Crippen molar-refractivity contribution in [2.24, 2.45) is 5.92 Å². The molecule has 1 aliphatic rings. The van der Waals surface area contributed by atoms with Crippen molar-refractivity contribution in [2.75, 3.05) is 6.54 Å². The van der Waals surface area contributed by atoms with Gasteiger partial charge in [0.25, 0.3) is 5.91 Å². The van der Waals surface area contributed by atoms with E-state index in [1.807, 2.05) is 23.5 Å². The molecule has 1 amide bonds. The van der Waals surface area contributed by atoms with Crippen LogP contribution in [0, 0.1) is 23.1 Å². The molecule has 1 saturated carbocycles. The molecular formula is C23H27FN3O+. The van der Waals surface area contributed by atoms with E-state index in [1.165, 1.54) is 17.7 Å². The third-order valence-corrected chi connectivity index (χ3v) is 5.52. The Labute approximate surface area is 165 Å². The normalized spacial score (nSPS) is 16.6. The van der Waals surface area contributed by atoms with E-state index < -0.39 is 5.54 Å². The molecule has 0 aliphatic heterocycles. The maximum Gasteiger partial charge on any atom is 0.276 e. The molecule has 2 aromatic rings. The van der Waals surface area contributed by atoms with E-state index in [-0.39, 0.29) is 30.2 Å². The summed E-state index contributed by atoms with van der Waals surface area (Å²) in [5.74, 6) is -0.235. The van der Waals surface area contributed by atoms with Gasteiger partial charge < -0.3 is 10.6 Å². The van der Waals surface area contributed by atoms with Gasteiger partial charge in [0.05, 0.1) is 6.07 Å². The van der Waals surface area contributed by atoms with Crippen molar-refractivity contribution < 1.29 is 14.5 Å². The number of carbonyl (C=O) groups is 1. The fraction of sp³-hybridized carbons (Fsp3) is 0.391. The van der Waals surface area contributed by atoms with Crippen LogP contribution < -0.4 is 10.6 Å². The highest BCUT2D eigenvalue weighted by Crippen LogP contribution is 2.39. The number of aryl methyl sites for hydroxylation is 1. The summed E-state index contributed by atoms with van der Waals surface area (Å²) in [6, 6.07) is 16.7. The first-order chi connectivity index (χ1) is 13.4. The highest BCUT2D eigenvalue weighted by molar-refractivity contribution is 5.78. The highest BCUT2D eigenvalue weighted by Gasteiger charge is 2.43. The summed E-state index contributed by atoms with van der Waals surface area (Å²) in [6.07, 6.45) is 2.90. The number of nitrogens with two attached hydrogens (primary N) is 1. The van der Waals surface area contributed by atoms with Crippen molar-refractivity contribution in [3.8, 4) is 6.07 Å². The standard InChI is InChI=1S/C23H26FN3O/c1-3-16-7-9-17(10-8-16)22(18-5-4-6-20(24)13-18)26-14-21(28)27-23(2,15-25)19-11-12-19/h4-10,13,19,22,26H,3,11-12,14H2,1-2H3,(H,27,28)/p+1/t22-,23-/m0/s1. The maximum absolute atomic E-state index is 13.8. The van der Waals surface area contributed by atoms with E-state index in [4.69, 9.17) is 0 Å². The Morgan fingerprint density at radius 3 is 2.57 bits per heavy atom. The molecule has 0 heterocycles. The van der Waals surface area contributed by atoms with Gasteiger partial charge in [0.2, 0.25) is 0 Å². The van der Waals surface area contributed by atoms with Crippen LogP contribution in [0.2, 0.25) is 0 Å². The van der Waals surface area contributed by atoms with Crippen molar-refractivity contribution >= 4 is 5.91 Å². The number of benzene rings is 2. The lowest BCUT2D eigenvalue weighted by Crippen LogP contribution is -2.88. The minimum absolute atomic E-state index is 0.167. The van der Waals surface area contributed by atoms with Gasteiger partial charge in [0, 0.05) is 11.1 Å². The SMILES string of the molecule is CCc1ccc([C@H]([NH2+]CC(=O)N[C@@](C)(C#N)C2CC2)c2cccc(F)c2)cc1. The molecule has 146 valence electrons. The predicted octanol–water partition coefficient (Wildman–Crippen LogP) is 2.85. The average Bonchev–Trinajstić information content (AvgIpc) is 3.54. The monoisotopic (exact) mass is 380 g/mol. The zero-order valence-electron chi connectivity index (χ0n) is 16.4. The van der Waals surface area contributed by atoms with E-state index in [1.54, 1.807) is 13.0 Å². The fourth-order valence-corrected chi connectivity index (χ4v) is 3.57. The number of amides is 1. The van der Waals surface area contributed by atoms with E-state index in [9.17, 15) is 14.4 Å². The van der Waals surface area contributed by atoms with Crippen LogP contribution in [-0.2, 0) is 11.2 Å². The zero-order chi connectivity index (χ0) is 20.1. The largest absolute Gasteiger partial charge is 0.333 e. The van der Waals surface area contributed by atoms with Gasteiger partial charge in [-0.3, -0.25) is 4.79 Å². The third-order valence-electron chi connectivity index (χ3n) is 5.52. The zero-order valence-corrected chi connectivity index (χ0v) is 16.4. The molecule has 0 unspecified atom stereocenters. The van der Waals surface area contributed by atoms with Crippen LogP contribution in [-0.4, -0.2) is 18.0 Å². The first-order valence-electron chi connectivity index (χ1n) is 9.85. The molecule has 1 fully saturated rings. The number of halogens is 1. The molecule has 3 N–H and O–H groups in total. The smallest absolute Gasteiger partial charge is 0.276 e. The van der Waals surface area contributed by atoms with E-state index in [0.29, 0.717) is 0 Å². The summed E-state index contributed by atoms with van der Waals surface area (Å²) >= 11 is 0. The minimum Gasteiger partial charge on any atom is -0.333 e. The number of nitrogens with one attached hydrogen (secondary N) is 1. The molecule has 28 heavy (non-hydrogen) atoms. The van der Waals surface area contributed by atoms with Crippen LogP contribution in [0.25, 0.3) is 0 Å². The Bertz CT molecular complexity index is 870. The number of nitrogens with zero attached hydrogens (tertiary/aromatic N) is 1. The van der Waals surface area contributed by atoms with Crippen LogP contribution >= 0.6 is 0 Å². The number of carbonyl (C=O) groups excluding carboxylic acids is 1. The van der Waals surface area contributed by atoms with Crippen molar-refractivity contribution in [3.63, 3.8) is 0 Å². The van der Waals surface area contributed by atoms with Crippen molar-refractivity contribution in [3.05, 3.63) is 71.0 Å². The van der Waals surface area contributed by atoms with Crippen LogP contribution in [0.15, 0.2) is 48.5 Å². The second-order valence-corrected chi connectivity index (χ2v) is 7.70. The lowest BCUT2D eigenvalue weighted by atomic mass is 9.96. The Kier molecular flexibility index (Phi) is 6.11. The Morgan fingerprint density at radius 1 is 1.29 bits per heavy atom. The molecule has 4 nitrogen and oxygen atoms in total. The first kappa shape index (κ1) is 20.0. The highest BCUT2D eigenvalue weighted by atomic mass is 19.1. The lowest BCUT2D eigenvalue weighted by Gasteiger charge is -2.23. The Hall–Kier alpha value is -2.71. The molecule has 2 aromatic carbocycles. The summed E-state index contributed by atoms with van der Waals surface area (Å²) in [5, 5.41) is 14.2. The molecule has 0 saturated heterocycles. The van der Waals surface area contributed by atoms with Crippen LogP contribution in [0.4, 0.5) is 4.39 Å². The van der Waals surface area contributed by atoms with Gasteiger partial charge >= 0.3 is 0 Å². The molecule has 0 spiro atoms. The predicted molar refractivity (Wildman–Crippen MR) is 106 cm³/mol. The second-order valence-electron chi connectivity index (χ2n) is 7.70. The van der Waals surface area contributed by atoms with Gasteiger partial charge in [-0.15, -0.1) is 0 Å². The lowest BCUT2D eigenvalue weighted by molar-refractivity contribution is -0.676. The molecule has 2 atom stereocenters. The van der Waals surface area contributed by atoms with Crippen LogP contribution in [0.1, 0.15) is 49.4 Å². The molecule has 1 aliphatic carbocycles. The van der Waals surface area contributed by atoms with Gasteiger partial charge in [0.1, 0.15) is 17.4 Å². The number of hydrogen-bond donors (Lipinski definition) is 2. The van der Waals surface area contributed by atoms with Crippen molar-refractivity contribution in [1.82, 2.24) is 5.32 Å². The van der Waals surface area contributed by atoms with Crippen LogP contribution in [0.3, 0.4) is 0 Å². The fourth-order valence-electron chi connectivity index (χ4n) is 3.57. The van der Waals surface area contributed by atoms with E-state index in [2.05, 4.69) is 30.4 Å². The summed E-state index contributed by atoms with van der Waals surface area (Å²) in [6.45, 7) is 4.05. The summed E-state index contributed by atoms with van der Waals surface area (Å²) in [7, 11) is 0. The Balaban J connectivity index is 1.75. The number of hydrogen-bond acceptors (Lipinski definition) is 2. The second kappa shape index (κ2) is 8.53. The Morgan fingerprint density at radius 2 is 2.00 bits per heavy atom. The van der Waals surface area contributed by atoms with Gasteiger partial charge in [-0.05, 0) is 49.8 Å². The number of quaternary nitrogens is 1. The first-order valence-corrected chi connectivity index (χ1v) is 9.85. The molecule has 0 radical (unpaired) electrons. The summed E-state index contributed by atoms with van der Waals surface area (Å²) < 4.78 is 13.8. The van der Waals surface area contributed by atoms with E-state index >= 15 is 0 Å². The van der Waals surface area contributed by atoms with Gasteiger partial charge in [-0.1, -0.05) is 43.3 Å². The minimum atomic E-state index is -0.804. The number of nitriles is 1. The molecule has 0 aromatic heterocycles. The van der Waals surface area contributed by atoms with Crippen LogP contribution in [0.5, 0.6) is 0 Å². The van der Waals surface area contributed by atoms with Gasteiger partial charge in [-0.25, -0.2) is 4.39 Å². The number of rotatable bonds is 8. The summed E-state index contributed by atoms with van der Waals surface area (Å²) in [5.41, 5.74) is 2.25. The van der Waals surface area contributed by atoms with Gasteiger partial charge in [0.15, 0.2) is 6.54 Å². The summed E-state index contributed by atoms with van der Waals surface area (Å²) in [4.78, 5) is 12.5. The topological polar surface area (TPSA) is 69.5 Å². The molecule has 3 rings (SSSR count). The molecular weight excluding hydrogens is 353 g/mol. The van der Waals surface area contributed by atoms with Gasteiger partial charge in [-0.2, -0.15) is 5.26 Å². The molecule has 0 bridgehead atoms. The maximum atomic E-state index is 13.8. The quantitative estimate of drug-likeness (QED) is 0.739. The molecule has 5 heteroatoms. The van der Waals surface area contributed by atoms with Crippen molar-refractivity contribution in [1.29, 1.82) is 5.26 Å².